The molecule has 120 valence electrons. The van der Waals surface area contributed by atoms with E-state index in [1.54, 1.807) is 6.07 Å². The van der Waals surface area contributed by atoms with E-state index in [9.17, 15) is 4.79 Å². The molecular formula is C16H22ClN3OS. The van der Waals surface area contributed by atoms with Crippen molar-refractivity contribution in [2.45, 2.75) is 45.7 Å². The summed E-state index contributed by atoms with van der Waals surface area (Å²) in [6, 6.07) is 5.71. The van der Waals surface area contributed by atoms with Crippen molar-refractivity contribution in [3.05, 3.63) is 28.8 Å². The van der Waals surface area contributed by atoms with Crippen molar-refractivity contribution in [3.63, 3.8) is 0 Å². The number of hydrogen-bond donors (Lipinski definition) is 2. The first-order valence-electron chi connectivity index (χ1n) is 7.33. The molecule has 0 aliphatic carbocycles. The number of anilines is 1. The molecule has 1 aliphatic heterocycles. The lowest BCUT2D eigenvalue weighted by Gasteiger charge is -2.44. The minimum Gasteiger partial charge on any atom is -0.358 e. The van der Waals surface area contributed by atoms with Crippen LogP contribution in [0.2, 0.25) is 5.02 Å². The minimum absolute atomic E-state index is 0.0338. The number of carbonyl (C=O) groups is 1. The average molecular weight is 340 g/mol. The van der Waals surface area contributed by atoms with Crippen molar-refractivity contribution in [2.75, 3.05) is 11.9 Å². The van der Waals surface area contributed by atoms with Gasteiger partial charge < -0.3 is 15.5 Å². The van der Waals surface area contributed by atoms with E-state index in [1.807, 2.05) is 24.0 Å². The molecule has 2 rings (SSSR count). The molecule has 1 atom stereocenters. The van der Waals surface area contributed by atoms with E-state index >= 15 is 0 Å². The second-order valence-corrected chi connectivity index (χ2v) is 7.30. The van der Waals surface area contributed by atoms with Crippen molar-refractivity contribution < 1.29 is 4.79 Å². The van der Waals surface area contributed by atoms with Crippen LogP contribution in [-0.4, -0.2) is 34.0 Å². The van der Waals surface area contributed by atoms with Gasteiger partial charge in [0.15, 0.2) is 5.11 Å². The summed E-state index contributed by atoms with van der Waals surface area (Å²) >= 11 is 11.5. The highest BCUT2D eigenvalue weighted by molar-refractivity contribution is 7.80. The molecule has 0 saturated carbocycles. The number of aryl methyl sites for hydroxylation is 1. The van der Waals surface area contributed by atoms with Gasteiger partial charge in [-0.3, -0.25) is 4.79 Å². The summed E-state index contributed by atoms with van der Waals surface area (Å²) in [5, 5.41) is 7.41. The maximum absolute atomic E-state index is 12.2. The van der Waals surface area contributed by atoms with Gasteiger partial charge in [0.1, 0.15) is 0 Å². The second kappa shape index (κ2) is 6.42. The Morgan fingerprint density at radius 3 is 2.82 bits per heavy atom. The van der Waals surface area contributed by atoms with E-state index in [2.05, 4.69) is 31.4 Å². The van der Waals surface area contributed by atoms with E-state index in [-0.39, 0.29) is 24.0 Å². The van der Waals surface area contributed by atoms with Crippen LogP contribution in [0.15, 0.2) is 18.2 Å². The van der Waals surface area contributed by atoms with Crippen LogP contribution in [0.1, 0.15) is 32.8 Å². The molecule has 22 heavy (non-hydrogen) atoms. The molecule has 0 bridgehead atoms. The zero-order valence-corrected chi connectivity index (χ0v) is 14.9. The topological polar surface area (TPSA) is 44.4 Å². The fourth-order valence-corrected chi connectivity index (χ4v) is 3.42. The molecule has 0 radical (unpaired) electrons. The van der Waals surface area contributed by atoms with Crippen molar-refractivity contribution in [1.82, 2.24) is 10.2 Å². The first kappa shape index (κ1) is 17.0. The summed E-state index contributed by atoms with van der Waals surface area (Å²) in [6.45, 7) is 8.47. The highest BCUT2D eigenvalue weighted by Gasteiger charge is 2.33. The standard InChI is InChI=1S/C16H22ClN3OS/c1-10-5-6-12(7-13(10)17)18-14(21)9-20-11(2)8-16(3,4)19-15(20)22/h5-7,11H,8-9H2,1-4H3,(H,18,21)(H,19,22)/t11-/m0/s1. The Labute approximate surface area is 142 Å². The van der Waals surface area contributed by atoms with Gasteiger partial charge in [-0.2, -0.15) is 0 Å². The largest absolute Gasteiger partial charge is 0.358 e. The van der Waals surface area contributed by atoms with Crippen LogP contribution in [0.4, 0.5) is 5.69 Å². The number of halogens is 1. The molecule has 1 amide bonds. The maximum atomic E-state index is 12.2. The molecule has 1 aromatic carbocycles. The van der Waals surface area contributed by atoms with Gasteiger partial charge in [-0.25, -0.2) is 0 Å². The number of nitrogens with one attached hydrogen (secondary N) is 2. The lowest BCUT2D eigenvalue weighted by atomic mass is 9.93. The molecule has 1 aromatic rings. The highest BCUT2D eigenvalue weighted by atomic mass is 35.5. The summed E-state index contributed by atoms with van der Waals surface area (Å²) in [6.07, 6.45) is 0.927. The van der Waals surface area contributed by atoms with Crippen LogP contribution < -0.4 is 10.6 Å². The van der Waals surface area contributed by atoms with Gasteiger partial charge in [0.05, 0.1) is 6.54 Å². The molecule has 4 nitrogen and oxygen atoms in total. The molecule has 2 N–H and O–H groups in total. The summed E-state index contributed by atoms with van der Waals surface area (Å²) in [7, 11) is 0. The van der Waals surface area contributed by atoms with Crippen molar-refractivity contribution in [1.29, 1.82) is 0 Å². The second-order valence-electron chi connectivity index (χ2n) is 6.51. The van der Waals surface area contributed by atoms with Crippen molar-refractivity contribution in [2.24, 2.45) is 0 Å². The maximum Gasteiger partial charge on any atom is 0.243 e. The number of amides is 1. The molecule has 0 spiro atoms. The summed E-state index contributed by atoms with van der Waals surface area (Å²) in [5.41, 5.74) is 1.65. The van der Waals surface area contributed by atoms with Gasteiger partial charge in [-0.15, -0.1) is 0 Å². The van der Waals surface area contributed by atoms with Gasteiger partial charge in [0, 0.05) is 22.3 Å². The summed E-state index contributed by atoms with van der Waals surface area (Å²) in [5.74, 6) is -0.101. The van der Waals surface area contributed by atoms with E-state index < -0.39 is 0 Å². The predicted octanol–water partition coefficient (Wildman–Crippen LogP) is 3.33. The van der Waals surface area contributed by atoms with Crippen molar-refractivity contribution >= 4 is 40.5 Å². The number of thiocarbonyl (C=S) groups is 1. The fraction of sp³-hybridized carbons (Fsp3) is 0.500. The molecular weight excluding hydrogens is 318 g/mol. The molecule has 0 aromatic heterocycles. The van der Waals surface area contributed by atoms with Gasteiger partial charge >= 0.3 is 0 Å². The zero-order valence-electron chi connectivity index (χ0n) is 13.4. The SMILES string of the molecule is Cc1ccc(NC(=O)CN2C(=S)NC(C)(C)C[C@@H]2C)cc1Cl. The molecule has 6 heteroatoms. The first-order valence-corrected chi connectivity index (χ1v) is 8.11. The van der Waals surface area contributed by atoms with Crippen LogP contribution in [0.5, 0.6) is 0 Å². The summed E-state index contributed by atoms with van der Waals surface area (Å²) < 4.78 is 0. The lowest BCUT2D eigenvalue weighted by Crippen LogP contribution is -2.61. The van der Waals surface area contributed by atoms with Gasteiger partial charge in [-0.1, -0.05) is 17.7 Å². The quantitative estimate of drug-likeness (QED) is 0.829. The Hall–Kier alpha value is -1.33. The Morgan fingerprint density at radius 1 is 1.55 bits per heavy atom. The smallest absolute Gasteiger partial charge is 0.243 e. The highest BCUT2D eigenvalue weighted by Crippen LogP contribution is 2.23. The third kappa shape index (κ3) is 4.11. The molecule has 0 unspecified atom stereocenters. The van der Waals surface area contributed by atoms with Gasteiger partial charge in [0.2, 0.25) is 5.91 Å². The third-order valence-electron chi connectivity index (χ3n) is 3.81. The van der Waals surface area contributed by atoms with E-state index in [0.717, 1.165) is 12.0 Å². The van der Waals surface area contributed by atoms with Gasteiger partial charge in [0.25, 0.3) is 0 Å². The number of hydrogen-bond acceptors (Lipinski definition) is 2. The van der Waals surface area contributed by atoms with E-state index in [1.165, 1.54) is 0 Å². The van der Waals surface area contributed by atoms with E-state index in [4.69, 9.17) is 23.8 Å². The number of carbonyl (C=O) groups excluding carboxylic acids is 1. The molecule has 1 heterocycles. The fourth-order valence-electron chi connectivity index (χ4n) is 2.71. The zero-order chi connectivity index (χ0) is 16.5. The first-order chi connectivity index (χ1) is 10.2. The van der Waals surface area contributed by atoms with Crippen LogP contribution in [0.25, 0.3) is 0 Å². The Bertz CT molecular complexity index is 603. The lowest BCUT2D eigenvalue weighted by molar-refractivity contribution is -0.117. The van der Waals surface area contributed by atoms with Crippen molar-refractivity contribution in [3.8, 4) is 0 Å². The molecule has 1 saturated heterocycles. The van der Waals surface area contributed by atoms with Gasteiger partial charge in [-0.05, 0) is 64.0 Å². The average Bonchev–Trinajstić information content (AvgIpc) is 2.37. The van der Waals surface area contributed by atoms with Crippen LogP contribution >= 0.6 is 23.8 Å². The Kier molecular flexibility index (Phi) is 4.97. The van der Waals surface area contributed by atoms with Crippen LogP contribution in [0.3, 0.4) is 0 Å². The number of rotatable bonds is 3. The molecule has 1 fully saturated rings. The summed E-state index contributed by atoms with van der Waals surface area (Å²) in [4.78, 5) is 14.2. The predicted molar refractivity (Wildman–Crippen MR) is 95.4 cm³/mol. The third-order valence-corrected chi connectivity index (χ3v) is 4.56. The Balaban J connectivity index is 1.99. The number of benzene rings is 1. The normalized spacial score (nSPS) is 20.5. The van der Waals surface area contributed by atoms with Crippen LogP contribution in [-0.2, 0) is 4.79 Å². The molecule has 1 aliphatic rings. The number of nitrogens with zero attached hydrogens (tertiary/aromatic N) is 1. The minimum atomic E-state index is -0.101. The monoisotopic (exact) mass is 339 g/mol. The van der Waals surface area contributed by atoms with Crippen LogP contribution in [0, 0.1) is 6.92 Å². The van der Waals surface area contributed by atoms with E-state index in [0.29, 0.717) is 15.8 Å². The Morgan fingerprint density at radius 2 is 2.23 bits per heavy atom.